The van der Waals surface area contributed by atoms with Crippen LogP contribution in [0.3, 0.4) is 0 Å². The standard InChI is InChI=1S/C16H15BrN2O3/c1-10-2-4-12(5-3-10)19-9-11(8-15(19)20)18-16(21)13-6-7-14(17)22-13/h2-7,11H,8-9H2,1H3,(H,18,21)/t11-/m1/s1. The molecule has 1 aromatic carbocycles. The van der Waals surface area contributed by atoms with Crippen LogP contribution >= 0.6 is 15.9 Å². The second-order valence-electron chi connectivity index (χ2n) is 5.32. The highest BCUT2D eigenvalue weighted by Crippen LogP contribution is 2.22. The maximum absolute atomic E-state index is 12.1. The molecule has 1 atom stereocenters. The largest absolute Gasteiger partial charge is 0.444 e. The number of hydrogen-bond acceptors (Lipinski definition) is 3. The van der Waals surface area contributed by atoms with Crippen LogP contribution in [-0.4, -0.2) is 24.4 Å². The third-order valence-corrected chi connectivity index (χ3v) is 4.03. The van der Waals surface area contributed by atoms with Crippen LogP contribution in [0.15, 0.2) is 45.5 Å². The molecule has 1 aliphatic rings. The highest BCUT2D eigenvalue weighted by Gasteiger charge is 2.32. The molecule has 22 heavy (non-hydrogen) atoms. The van der Waals surface area contributed by atoms with Gasteiger partial charge in [-0.3, -0.25) is 9.59 Å². The summed E-state index contributed by atoms with van der Waals surface area (Å²) in [5.41, 5.74) is 2.00. The minimum atomic E-state index is -0.311. The van der Waals surface area contributed by atoms with Crippen molar-refractivity contribution >= 4 is 33.4 Å². The van der Waals surface area contributed by atoms with Gasteiger partial charge < -0.3 is 14.6 Å². The van der Waals surface area contributed by atoms with Crippen LogP contribution in [0.4, 0.5) is 5.69 Å². The molecular formula is C16H15BrN2O3. The van der Waals surface area contributed by atoms with E-state index in [2.05, 4.69) is 21.2 Å². The van der Waals surface area contributed by atoms with Crippen LogP contribution in [0.5, 0.6) is 0 Å². The van der Waals surface area contributed by atoms with Crippen molar-refractivity contribution in [2.45, 2.75) is 19.4 Å². The fourth-order valence-electron chi connectivity index (χ4n) is 2.47. The molecule has 1 saturated heterocycles. The molecule has 6 heteroatoms. The van der Waals surface area contributed by atoms with Crippen LogP contribution in [0.25, 0.3) is 0 Å². The number of halogens is 1. The summed E-state index contributed by atoms with van der Waals surface area (Å²) in [5, 5.41) is 2.83. The van der Waals surface area contributed by atoms with Crippen LogP contribution in [0.1, 0.15) is 22.5 Å². The molecule has 0 bridgehead atoms. The quantitative estimate of drug-likeness (QED) is 0.912. The lowest BCUT2D eigenvalue weighted by Crippen LogP contribution is -2.37. The Hall–Kier alpha value is -2.08. The number of benzene rings is 1. The van der Waals surface area contributed by atoms with E-state index in [4.69, 9.17) is 4.42 Å². The Morgan fingerprint density at radius 2 is 2.00 bits per heavy atom. The van der Waals surface area contributed by atoms with E-state index in [1.165, 1.54) is 0 Å². The van der Waals surface area contributed by atoms with Crippen LogP contribution in [0, 0.1) is 6.92 Å². The predicted molar refractivity (Wildman–Crippen MR) is 85.8 cm³/mol. The topological polar surface area (TPSA) is 62.6 Å². The van der Waals surface area contributed by atoms with E-state index in [0.29, 0.717) is 17.6 Å². The van der Waals surface area contributed by atoms with Crippen molar-refractivity contribution in [3.8, 4) is 0 Å². The summed E-state index contributed by atoms with van der Waals surface area (Å²) in [6.07, 6.45) is 0.293. The van der Waals surface area contributed by atoms with E-state index in [9.17, 15) is 9.59 Å². The second-order valence-corrected chi connectivity index (χ2v) is 6.10. The molecular weight excluding hydrogens is 348 g/mol. The van der Waals surface area contributed by atoms with Crippen molar-refractivity contribution in [2.24, 2.45) is 0 Å². The molecule has 0 radical (unpaired) electrons. The van der Waals surface area contributed by atoms with Gasteiger partial charge in [0.05, 0.1) is 6.04 Å². The van der Waals surface area contributed by atoms with Crippen LogP contribution < -0.4 is 10.2 Å². The Morgan fingerprint density at radius 3 is 2.64 bits per heavy atom. The molecule has 0 aliphatic carbocycles. The fourth-order valence-corrected chi connectivity index (χ4v) is 2.78. The molecule has 0 spiro atoms. The van der Waals surface area contributed by atoms with Gasteiger partial charge in [-0.15, -0.1) is 0 Å². The second kappa shape index (κ2) is 5.96. The maximum atomic E-state index is 12.1. The molecule has 0 saturated carbocycles. The van der Waals surface area contributed by atoms with E-state index in [1.54, 1.807) is 17.0 Å². The normalized spacial score (nSPS) is 17.8. The smallest absolute Gasteiger partial charge is 0.287 e. The van der Waals surface area contributed by atoms with Gasteiger partial charge in [0.15, 0.2) is 10.4 Å². The third kappa shape index (κ3) is 3.06. The van der Waals surface area contributed by atoms with Crippen molar-refractivity contribution in [2.75, 3.05) is 11.4 Å². The lowest BCUT2D eigenvalue weighted by Gasteiger charge is -2.17. The summed E-state index contributed by atoms with van der Waals surface area (Å²) in [6, 6.07) is 10.8. The average Bonchev–Trinajstić information content (AvgIpc) is 3.06. The Morgan fingerprint density at radius 1 is 1.27 bits per heavy atom. The maximum Gasteiger partial charge on any atom is 0.287 e. The first-order chi connectivity index (χ1) is 10.5. The molecule has 3 rings (SSSR count). The number of amides is 2. The summed E-state index contributed by atoms with van der Waals surface area (Å²) in [6.45, 7) is 2.47. The Bertz CT molecular complexity index is 708. The zero-order chi connectivity index (χ0) is 15.7. The summed E-state index contributed by atoms with van der Waals surface area (Å²) < 4.78 is 5.71. The SMILES string of the molecule is Cc1ccc(N2C[C@H](NC(=O)c3ccc(Br)o3)CC2=O)cc1. The van der Waals surface area contributed by atoms with Gasteiger partial charge in [0, 0.05) is 18.7 Å². The first-order valence-electron chi connectivity index (χ1n) is 6.96. The van der Waals surface area contributed by atoms with Gasteiger partial charge in [-0.25, -0.2) is 0 Å². The highest BCUT2D eigenvalue weighted by atomic mass is 79.9. The molecule has 1 N–H and O–H groups in total. The van der Waals surface area contributed by atoms with Crippen molar-refractivity contribution < 1.29 is 14.0 Å². The summed E-state index contributed by atoms with van der Waals surface area (Å²) in [7, 11) is 0. The molecule has 2 aromatic rings. The molecule has 2 heterocycles. The van der Waals surface area contributed by atoms with Gasteiger partial charge in [-0.1, -0.05) is 17.7 Å². The fraction of sp³-hybridized carbons (Fsp3) is 0.250. The number of anilines is 1. The minimum absolute atomic E-state index is 0.00905. The zero-order valence-electron chi connectivity index (χ0n) is 12.0. The van der Waals surface area contributed by atoms with Crippen LogP contribution in [0.2, 0.25) is 0 Å². The van der Waals surface area contributed by atoms with Gasteiger partial charge >= 0.3 is 0 Å². The first-order valence-corrected chi connectivity index (χ1v) is 7.75. The summed E-state index contributed by atoms with van der Waals surface area (Å²) in [4.78, 5) is 25.9. The molecule has 1 fully saturated rings. The number of aryl methyl sites for hydroxylation is 1. The number of nitrogens with one attached hydrogen (secondary N) is 1. The average molecular weight is 363 g/mol. The minimum Gasteiger partial charge on any atom is -0.444 e. The Kier molecular flexibility index (Phi) is 4.02. The van der Waals surface area contributed by atoms with Gasteiger partial charge in [0.1, 0.15) is 0 Å². The van der Waals surface area contributed by atoms with E-state index in [0.717, 1.165) is 11.3 Å². The summed E-state index contributed by atoms with van der Waals surface area (Å²) in [5.74, 6) is -0.0721. The third-order valence-electron chi connectivity index (χ3n) is 3.60. The van der Waals surface area contributed by atoms with Gasteiger partial charge in [0.2, 0.25) is 5.91 Å². The van der Waals surface area contributed by atoms with E-state index in [1.807, 2.05) is 31.2 Å². The molecule has 1 aliphatic heterocycles. The molecule has 0 unspecified atom stereocenters. The van der Waals surface area contributed by atoms with Crippen molar-refractivity contribution in [3.05, 3.63) is 52.4 Å². The van der Waals surface area contributed by atoms with Crippen molar-refractivity contribution in [1.29, 1.82) is 0 Å². The molecule has 1 aromatic heterocycles. The highest BCUT2D eigenvalue weighted by molar-refractivity contribution is 9.10. The van der Waals surface area contributed by atoms with Crippen molar-refractivity contribution in [1.82, 2.24) is 5.32 Å². The number of furan rings is 1. The predicted octanol–water partition coefficient (Wildman–Crippen LogP) is 2.89. The first kappa shape index (κ1) is 14.8. The Labute approximate surface area is 136 Å². The Balaban J connectivity index is 1.67. The monoisotopic (exact) mass is 362 g/mol. The molecule has 5 nitrogen and oxygen atoms in total. The number of rotatable bonds is 3. The van der Waals surface area contributed by atoms with Gasteiger partial charge in [0.25, 0.3) is 5.91 Å². The van der Waals surface area contributed by atoms with Crippen LogP contribution in [-0.2, 0) is 4.79 Å². The number of hydrogen-bond donors (Lipinski definition) is 1. The van der Waals surface area contributed by atoms with Gasteiger partial charge in [-0.05, 0) is 47.1 Å². The number of carbonyl (C=O) groups excluding carboxylic acids is 2. The lowest BCUT2D eigenvalue weighted by molar-refractivity contribution is -0.117. The molecule has 2 amide bonds. The van der Waals surface area contributed by atoms with Crippen molar-refractivity contribution in [3.63, 3.8) is 0 Å². The van der Waals surface area contributed by atoms with E-state index in [-0.39, 0.29) is 23.6 Å². The lowest BCUT2D eigenvalue weighted by atomic mass is 10.2. The van der Waals surface area contributed by atoms with Gasteiger partial charge in [-0.2, -0.15) is 0 Å². The molecule has 114 valence electrons. The van der Waals surface area contributed by atoms with E-state index >= 15 is 0 Å². The zero-order valence-corrected chi connectivity index (χ0v) is 13.6. The summed E-state index contributed by atoms with van der Waals surface area (Å²) >= 11 is 3.16. The van der Waals surface area contributed by atoms with E-state index < -0.39 is 0 Å². The number of carbonyl (C=O) groups is 2. The number of nitrogens with zero attached hydrogens (tertiary/aromatic N) is 1.